The van der Waals surface area contributed by atoms with Gasteiger partial charge in [0, 0.05) is 25.1 Å². The van der Waals surface area contributed by atoms with Gasteiger partial charge in [0.2, 0.25) is 5.91 Å². The van der Waals surface area contributed by atoms with E-state index in [0.717, 1.165) is 12.8 Å². The van der Waals surface area contributed by atoms with Crippen molar-refractivity contribution in [2.45, 2.75) is 51.6 Å². The molecule has 1 atom stereocenters. The first-order valence-electron chi connectivity index (χ1n) is 11.0. The minimum atomic E-state index is -0.526. The second-order valence-corrected chi connectivity index (χ2v) is 8.11. The molecule has 1 saturated heterocycles. The number of fused-ring (bicyclic) bond motifs is 1. The molecule has 1 aromatic heterocycles. The molecule has 0 unspecified atom stereocenters. The smallest absolute Gasteiger partial charge is 0.261 e. The lowest BCUT2D eigenvalue weighted by Crippen LogP contribution is -2.43. The topological polar surface area (TPSA) is 95.6 Å². The molecule has 9 heteroatoms. The van der Waals surface area contributed by atoms with E-state index in [1.165, 1.54) is 12.1 Å². The van der Waals surface area contributed by atoms with Crippen LogP contribution in [0.2, 0.25) is 0 Å². The lowest BCUT2D eigenvalue weighted by molar-refractivity contribution is -0.137. The summed E-state index contributed by atoms with van der Waals surface area (Å²) in [6.07, 6.45) is 3.25. The SMILES string of the molecule is CCC(=O)N1CCc2c(nc([C@@H]3CCCCN3C(=O)COc3ccccc3F)[nH]c2=O)C1. The molecule has 32 heavy (non-hydrogen) atoms. The van der Waals surface area contributed by atoms with Crippen LogP contribution in [-0.2, 0) is 22.6 Å². The molecular formula is C23H27FN4O4. The third-order valence-electron chi connectivity index (χ3n) is 6.07. The summed E-state index contributed by atoms with van der Waals surface area (Å²) in [5.41, 5.74) is 0.983. The minimum absolute atomic E-state index is 0.0235. The molecule has 2 aromatic rings. The Morgan fingerprint density at radius 3 is 2.81 bits per heavy atom. The van der Waals surface area contributed by atoms with Gasteiger partial charge in [0.25, 0.3) is 11.5 Å². The van der Waals surface area contributed by atoms with E-state index >= 15 is 0 Å². The molecule has 1 aromatic carbocycles. The second kappa shape index (κ2) is 9.50. The summed E-state index contributed by atoms with van der Waals surface area (Å²) in [6.45, 7) is 2.82. The Morgan fingerprint density at radius 2 is 2.03 bits per heavy atom. The maximum absolute atomic E-state index is 13.8. The number of benzene rings is 1. The van der Waals surface area contributed by atoms with Gasteiger partial charge in [-0.2, -0.15) is 0 Å². The quantitative estimate of drug-likeness (QED) is 0.767. The first-order chi connectivity index (χ1) is 15.5. The van der Waals surface area contributed by atoms with Crippen LogP contribution in [0.15, 0.2) is 29.1 Å². The summed E-state index contributed by atoms with van der Waals surface area (Å²) >= 11 is 0. The standard InChI is InChI=1S/C23H27FN4O4/c1-2-20(29)27-12-10-15-17(13-27)25-22(26-23(15)31)18-8-5-6-11-28(18)21(30)14-32-19-9-4-3-7-16(19)24/h3-4,7,9,18H,2,5-6,8,10-14H2,1H3,(H,25,26,31)/t18-/m0/s1. The molecule has 0 spiro atoms. The first kappa shape index (κ1) is 22.0. The number of amides is 2. The molecule has 2 aliphatic heterocycles. The molecule has 1 N–H and O–H groups in total. The number of nitrogens with one attached hydrogen (secondary N) is 1. The number of likely N-dealkylation sites (tertiary alicyclic amines) is 1. The molecular weight excluding hydrogens is 415 g/mol. The predicted octanol–water partition coefficient (Wildman–Crippen LogP) is 2.34. The van der Waals surface area contributed by atoms with Crippen LogP contribution < -0.4 is 10.3 Å². The van der Waals surface area contributed by atoms with E-state index in [9.17, 15) is 18.8 Å². The largest absolute Gasteiger partial charge is 0.481 e. The van der Waals surface area contributed by atoms with Crippen molar-refractivity contribution in [3.8, 4) is 5.75 Å². The lowest BCUT2D eigenvalue weighted by atomic mass is 10.00. The molecule has 0 bridgehead atoms. The van der Waals surface area contributed by atoms with Crippen molar-refractivity contribution in [3.63, 3.8) is 0 Å². The molecule has 2 aliphatic rings. The van der Waals surface area contributed by atoms with Gasteiger partial charge in [-0.15, -0.1) is 0 Å². The van der Waals surface area contributed by atoms with E-state index in [2.05, 4.69) is 9.97 Å². The number of carbonyl (C=O) groups excluding carboxylic acids is 2. The number of hydrogen-bond donors (Lipinski definition) is 1. The number of para-hydroxylation sites is 1. The molecule has 2 amide bonds. The van der Waals surface area contributed by atoms with Crippen molar-refractivity contribution in [2.75, 3.05) is 19.7 Å². The van der Waals surface area contributed by atoms with Crippen molar-refractivity contribution < 1.29 is 18.7 Å². The van der Waals surface area contributed by atoms with Gasteiger partial charge >= 0.3 is 0 Å². The Morgan fingerprint density at radius 1 is 1.22 bits per heavy atom. The number of halogens is 1. The fraction of sp³-hybridized carbons (Fsp3) is 0.478. The Balaban J connectivity index is 1.54. The number of piperidine rings is 1. The molecule has 170 valence electrons. The molecule has 0 radical (unpaired) electrons. The molecule has 0 aliphatic carbocycles. The van der Waals surface area contributed by atoms with Crippen LogP contribution in [0.4, 0.5) is 4.39 Å². The van der Waals surface area contributed by atoms with Gasteiger partial charge in [0.1, 0.15) is 5.82 Å². The van der Waals surface area contributed by atoms with E-state index < -0.39 is 11.9 Å². The fourth-order valence-corrected chi connectivity index (χ4v) is 4.35. The Bertz CT molecular complexity index is 1070. The van der Waals surface area contributed by atoms with Gasteiger partial charge in [0.15, 0.2) is 18.2 Å². The van der Waals surface area contributed by atoms with Crippen LogP contribution in [-0.4, -0.2) is 51.3 Å². The van der Waals surface area contributed by atoms with Crippen LogP contribution in [0.3, 0.4) is 0 Å². The fourth-order valence-electron chi connectivity index (χ4n) is 4.35. The maximum atomic E-state index is 13.8. The van der Waals surface area contributed by atoms with Gasteiger partial charge in [0.05, 0.1) is 18.3 Å². The maximum Gasteiger partial charge on any atom is 0.261 e. The van der Waals surface area contributed by atoms with Crippen molar-refractivity contribution in [1.82, 2.24) is 19.8 Å². The highest BCUT2D eigenvalue weighted by atomic mass is 19.1. The van der Waals surface area contributed by atoms with Gasteiger partial charge in [-0.1, -0.05) is 19.1 Å². The van der Waals surface area contributed by atoms with Crippen molar-refractivity contribution in [1.29, 1.82) is 0 Å². The average Bonchev–Trinajstić information content (AvgIpc) is 2.82. The van der Waals surface area contributed by atoms with E-state index in [-0.39, 0.29) is 29.7 Å². The van der Waals surface area contributed by atoms with Crippen LogP contribution in [0.5, 0.6) is 5.75 Å². The summed E-state index contributed by atoms with van der Waals surface area (Å²) in [7, 11) is 0. The van der Waals surface area contributed by atoms with Gasteiger partial charge in [-0.25, -0.2) is 9.37 Å². The number of aromatic amines is 1. The first-order valence-corrected chi connectivity index (χ1v) is 11.0. The Labute approximate surface area is 185 Å². The number of hydrogen-bond acceptors (Lipinski definition) is 5. The van der Waals surface area contributed by atoms with Crippen LogP contribution >= 0.6 is 0 Å². The summed E-state index contributed by atoms with van der Waals surface area (Å²) < 4.78 is 19.2. The third-order valence-corrected chi connectivity index (χ3v) is 6.07. The average molecular weight is 442 g/mol. The van der Waals surface area contributed by atoms with Gasteiger partial charge in [-0.05, 0) is 37.8 Å². The summed E-state index contributed by atoms with van der Waals surface area (Å²) in [6, 6.07) is 5.55. The number of carbonyl (C=O) groups is 2. The van der Waals surface area contributed by atoms with E-state index in [0.29, 0.717) is 56.0 Å². The third kappa shape index (κ3) is 4.51. The van der Waals surface area contributed by atoms with Crippen molar-refractivity contribution >= 4 is 11.8 Å². The zero-order valence-electron chi connectivity index (χ0n) is 18.1. The van der Waals surface area contributed by atoms with Crippen molar-refractivity contribution in [2.24, 2.45) is 0 Å². The Hall–Kier alpha value is -3.23. The highest BCUT2D eigenvalue weighted by molar-refractivity contribution is 5.78. The number of ether oxygens (including phenoxy) is 1. The second-order valence-electron chi connectivity index (χ2n) is 8.11. The number of rotatable bonds is 5. The lowest BCUT2D eigenvalue weighted by Gasteiger charge is -2.35. The zero-order valence-corrected chi connectivity index (χ0v) is 18.1. The zero-order chi connectivity index (χ0) is 22.7. The molecule has 0 saturated carbocycles. The number of nitrogens with zero attached hydrogens (tertiary/aromatic N) is 3. The summed E-state index contributed by atoms with van der Waals surface area (Å²) in [5.74, 6) is -0.337. The highest BCUT2D eigenvalue weighted by Gasteiger charge is 2.32. The van der Waals surface area contributed by atoms with E-state index in [1.54, 1.807) is 21.9 Å². The molecule has 3 heterocycles. The molecule has 4 rings (SSSR count). The van der Waals surface area contributed by atoms with E-state index in [4.69, 9.17) is 4.74 Å². The normalized spacial score (nSPS) is 18.2. The van der Waals surface area contributed by atoms with Crippen LogP contribution in [0.25, 0.3) is 0 Å². The van der Waals surface area contributed by atoms with Gasteiger partial charge < -0.3 is 19.5 Å². The monoisotopic (exact) mass is 442 g/mol. The summed E-state index contributed by atoms with van der Waals surface area (Å²) in [5, 5.41) is 0. The Kier molecular flexibility index (Phi) is 6.53. The van der Waals surface area contributed by atoms with E-state index in [1.807, 2.05) is 6.92 Å². The number of aromatic nitrogens is 2. The molecule has 8 nitrogen and oxygen atoms in total. The van der Waals surface area contributed by atoms with Crippen LogP contribution in [0.1, 0.15) is 55.7 Å². The minimum Gasteiger partial charge on any atom is -0.481 e. The van der Waals surface area contributed by atoms with Crippen molar-refractivity contribution in [3.05, 3.63) is 57.5 Å². The predicted molar refractivity (Wildman–Crippen MR) is 114 cm³/mol. The number of H-pyrrole nitrogens is 1. The highest BCUT2D eigenvalue weighted by Crippen LogP contribution is 2.29. The summed E-state index contributed by atoms with van der Waals surface area (Å²) in [4.78, 5) is 48.7. The van der Waals surface area contributed by atoms with Crippen LogP contribution in [0, 0.1) is 5.82 Å². The van der Waals surface area contributed by atoms with Gasteiger partial charge in [-0.3, -0.25) is 14.4 Å². The molecule has 1 fully saturated rings.